The molecule has 0 radical (unpaired) electrons. The number of aliphatic hydroxyl groups is 3. The van der Waals surface area contributed by atoms with Crippen molar-refractivity contribution in [3.8, 4) is 11.8 Å². The Morgan fingerprint density at radius 1 is 1.26 bits per heavy atom. The first-order valence-electron chi connectivity index (χ1n) is 5.79. The Balaban J connectivity index is 2.81. The first-order valence-corrected chi connectivity index (χ1v) is 5.79. The molecular weight excluding hydrogens is 248 g/mol. The predicted molar refractivity (Wildman–Crippen MR) is 68.5 cm³/mol. The molecule has 6 heteroatoms. The highest BCUT2D eigenvalue weighted by Gasteiger charge is 2.27. The maximum Gasteiger partial charge on any atom is 0.136 e. The summed E-state index contributed by atoms with van der Waals surface area (Å²) >= 11 is 0. The van der Waals surface area contributed by atoms with E-state index >= 15 is 0 Å². The fraction of sp³-hybridized carbons (Fsp3) is 0.462. The van der Waals surface area contributed by atoms with Crippen LogP contribution in [0.15, 0.2) is 18.2 Å². The Bertz CT molecular complexity index is 444. The number of nitriles is 1. The van der Waals surface area contributed by atoms with E-state index in [1.165, 1.54) is 7.11 Å². The van der Waals surface area contributed by atoms with E-state index in [-0.39, 0.29) is 19.8 Å². The number of rotatable bonds is 7. The predicted octanol–water partition coefficient (Wildman–Crippen LogP) is -0.628. The van der Waals surface area contributed by atoms with Gasteiger partial charge in [-0.3, -0.25) is 0 Å². The van der Waals surface area contributed by atoms with E-state index < -0.39 is 5.54 Å². The summed E-state index contributed by atoms with van der Waals surface area (Å²) in [5, 5.41) is 39.3. The third-order valence-electron chi connectivity index (χ3n) is 2.96. The molecule has 0 aliphatic carbocycles. The number of hydrogen-bond acceptors (Lipinski definition) is 6. The number of nitrogens with one attached hydrogen (secondary N) is 1. The second kappa shape index (κ2) is 7.07. The van der Waals surface area contributed by atoms with Gasteiger partial charge in [0, 0.05) is 6.54 Å². The van der Waals surface area contributed by atoms with Crippen LogP contribution in [0.2, 0.25) is 0 Å². The number of benzene rings is 1. The second-order valence-electron chi connectivity index (χ2n) is 4.25. The minimum Gasteiger partial charge on any atom is -0.495 e. The Labute approximate surface area is 111 Å². The minimum absolute atomic E-state index is 0.323. The van der Waals surface area contributed by atoms with Crippen molar-refractivity contribution < 1.29 is 20.1 Å². The van der Waals surface area contributed by atoms with Crippen LogP contribution < -0.4 is 10.1 Å². The van der Waals surface area contributed by atoms with Crippen molar-refractivity contribution in [2.45, 2.75) is 12.1 Å². The third kappa shape index (κ3) is 3.66. The van der Waals surface area contributed by atoms with E-state index in [0.29, 0.717) is 17.9 Å². The van der Waals surface area contributed by atoms with E-state index in [1.54, 1.807) is 18.2 Å². The molecule has 0 amide bonds. The summed E-state index contributed by atoms with van der Waals surface area (Å²) in [7, 11) is 1.48. The van der Waals surface area contributed by atoms with Crippen LogP contribution in [0.25, 0.3) is 0 Å². The molecule has 0 spiro atoms. The second-order valence-corrected chi connectivity index (χ2v) is 4.25. The van der Waals surface area contributed by atoms with E-state index in [1.807, 2.05) is 6.07 Å². The summed E-state index contributed by atoms with van der Waals surface area (Å²) < 4.78 is 5.09. The minimum atomic E-state index is -1.12. The summed E-state index contributed by atoms with van der Waals surface area (Å²) in [4.78, 5) is 0. The van der Waals surface area contributed by atoms with Gasteiger partial charge in [0.2, 0.25) is 0 Å². The molecule has 104 valence electrons. The molecule has 0 aliphatic heterocycles. The van der Waals surface area contributed by atoms with Gasteiger partial charge in [-0.2, -0.15) is 5.26 Å². The van der Waals surface area contributed by atoms with Gasteiger partial charge in [-0.25, -0.2) is 0 Å². The van der Waals surface area contributed by atoms with Crippen molar-refractivity contribution in [1.82, 2.24) is 5.32 Å². The number of nitrogens with zero attached hydrogens (tertiary/aromatic N) is 1. The fourth-order valence-corrected chi connectivity index (χ4v) is 1.55. The number of methoxy groups -OCH3 is 1. The lowest BCUT2D eigenvalue weighted by Gasteiger charge is -2.28. The highest BCUT2D eigenvalue weighted by Crippen LogP contribution is 2.19. The molecule has 0 bridgehead atoms. The normalized spacial score (nSPS) is 11.1. The molecule has 1 aromatic carbocycles. The molecule has 0 saturated heterocycles. The Hall–Kier alpha value is -1.65. The zero-order valence-corrected chi connectivity index (χ0v) is 10.8. The van der Waals surface area contributed by atoms with E-state index in [9.17, 15) is 15.3 Å². The number of ether oxygens (including phenoxy) is 1. The molecule has 0 fully saturated rings. The van der Waals surface area contributed by atoms with Gasteiger partial charge in [-0.05, 0) is 17.7 Å². The maximum atomic E-state index is 9.19. The van der Waals surface area contributed by atoms with E-state index in [0.717, 1.165) is 5.56 Å². The molecule has 4 N–H and O–H groups in total. The quantitative estimate of drug-likeness (QED) is 0.524. The fourth-order valence-electron chi connectivity index (χ4n) is 1.55. The zero-order valence-electron chi connectivity index (χ0n) is 10.8. The van der Waals surface area contributed by atoms with Crippen LogP contribution in [-0.4, -0.2) is 47.8 Å². The summed E-state index contributed by atoms with van der Waals surface area (Å²) in [5.74, 6) is 0.462. The Morgan fingerprint density at radius 2 is 1.89 bits per heavy atom. The van der Waals surface area contributed by atoms with Crippen LogP contribution in [0.5, 0.6) is 5.75 Å². The van der Waals surface area contributed by atoms with Crippen LogP contribution in [-0.2, 0) is 6.54 Å². The molecule has 0 atom stereocenters. The van der Waals surface area contributed by atoms with Gasteiger partial charge < -0.3 is 25.4 Å². The molecule has 0 heterocycles. The smallest absolute Gasteiger partial charge is 0.136 e. The SMILES string of the molecule is COc1cc(CNC(CO)(CO)CO)ccc1C#N. The van der Waals surface area contributed by atoms with Crippen molar-refractivity contribution in [2.75, 3.05) is 26.9 Å². The Morgan fingerprint density at radius 3 is 2.37 bits per heavy atom. The van der Waals surface area contributed by atoms with Crippen molar-refractivity contribution in [3.05, 3.63) is 29.3 Å². The van der Waals surface area contributed by atoms with Crippen molar-refractivity contribution in [3.63, 3.8) is 0 Å². The van der Waals surface area contributed by atoms with Gasteiger partial charge in [0.15, 0.2) is 0 Å². The first-order chi connectivity index (χ1) is 9.14. The molecule has 0 aromatic heterocycles. The standard InChI is InChI=1S/C13H18N2O4/c1-19-12-4-10(2-3-11(12)5-14)6-15-13(7-16,8-17)9-18/h2-4,15-18H,6-9H2,1H3. The molecule has 0 saturated carbocycles. The van der Waals surface area contributed by atoms with Crippen molar-refractivity contribution in [1.29, 1.82) is 5.26 Å². The monoisotopic (exact) mass is 266 g/mol. The maximum absolute atomic E-state index is 9.19. The summed E-state index contributed by atoms with van der Waals surface area (Å²) in [6.07, 6.45) is 0. The van der Waals surface area contributed by atoms with Gasteiger partial charge in [0.05, 0.1) is 38.0 Å². The largest absolute Gasteiger partial charge is 0.495 e. The van der Waals surface area contributed by atoms with Crippen LogP contribution in [0.1, 0.15) is 11.1 Å². The average Bonchev–Trinajstić information content (AvgIpc) is 2.49. The van der Waals surface area contributed by atoms with Gasteiger partial charge in [0.1, 0.15) is 11.8 Å². The van der Waals surface area contributed by atoms with Gasteiger partial charge in [-0.15, -0.1) is 0 Å². The molecule has 1 aromatic rings. The molecule has 0 aliphatic rings. The summed E-state index contributed by atoms with van der Waals surface area (Å²) in [5.41, 5.74) is 0.126. The number of hydrogen-bond donors (Lipinski definition) is 4. The van der Waals surface area contributed by atoms with Crippen LogP contribution >= 0.6 is 0 Å². The molecule has 19 heavy (non-hydrogen) atoms. The van der Waals surface area contributed by atoms with Gasteiger partial charge >= 0.3 is 0 Å². The first kappa shape index (κ1) is 15.4. The molecule has 0 unspecified atom stereocenters. The molecule has 6 nitrogen and oxygen atoms in total. The van der Waals surface area contributed by atoms with E-state index in [4.69, 9.17) is 10.00 Å². The highest BCUT2D eigenvalue weighted by atomic mass is 16.5. The highest BCUT2D eigenvalue weighted by molar-refractivity contribution is 5.45. The lowest BCUT2D eigenvalue weighted by atomic mass is 10.0. The zero-order chi connectivity index (χ0) is 14.3. The summed E-state index contributed by atoms with van der Waals surface area (Å²) in [6, 6.07) is 7.09. The average molecular weight is 266 g/mol. The van der Waals surface area contributed by atoms with Crippen molar-refractivity contribution >= 4 is 0 Å². The number of aliphatic hydroxyl groups excluding tert-OH is 3. The Kier molecular flexibility index (Phi) is 5.73. The van der Waals surface area contributed by atoms with Crippen molar-refractivity contribution in [2.24, 2.45) is 0 Å². The van der Waals surface area contributed by atoms with Gasteiger partial charge in [0.25, 0.3) is 0 Å². The third-order valence-corrected chi connectivity index (χ3v) is 2.96. The molecular formula is C13H18N2O4. The van der Waals surface area contributed by atoms with Gasteiger partial charge in [-0.1, -0.05) is 6.07 Å². The van der Waals surface area contributed by atoms with Crippen LogP contribution in [0.3, 0.4) is 0 Å². The van der Waals surface area contributed by atoms with Crippen LogP contribution in [0, 0.1) is 11.3 Å². The lowest BCUT2D eigenvalue weighted by Crippen LogP contribution is -2.54. The summed E-state index contributed by atoms with van der Waals surface area (Å²) in [6.45, 7) is -0.821. The van der Waals surface area contributed by atoms with E-state index in [2.05, 4.69) is 5.32 Å². The topological polar surface area (TPSA) is 106 Å². The van der Waals surface area contributed by atoms with Crippen LogP contribution in [0.4, 0.5) is 0 Å². The molecule has 1 rings (SSSR count). The lowest BCUT2D eigenvalue weighted by molar-refractivity contribution is 0.0414.